The molecule has 1 saturated heterocycles. The van der Waals surface area contributed by atoms with E-state index in [4.69, 9.17) is 4.74 Å². The number of benzene rings is 1. The Morgan fingerprint density at radius 3 is 2.79 bits per heavy atom. The molecule has 1 aromatic rings. The van der Waals surface area contributed by atoms with Gasteiger partial charge in [0.15, 0.2) is 0 Å². The highest BCUT2D eigenvalue weighted by Gasteiger charge is 2.26. The molecule has 2 atom stereocenters. The highest BCUT2D eigenvalue weighted by atomic mass is 32.2. The Hall–Kier alpha value is -1.44. The Labute approximate surface area is 143 Å². The van der Waals surface area contributed by atoms with Crippen LogP contribution < -0.4 is 10.0 Å². The number of ether oxygens (including phenoxy) is 1. The minimum Gasteiger partial charge on any atom is -0.381 e. The molecule has 0 radical (unpaired) electrons. The number of rotatable bonds is 7. The Balaban J connectivity index is 1.66. The number of carbonyl (C=O) groups excluding carboxylic acids is 1. The first-order valence-corrected chi connectivity index (χ1v) is 9.92. The molecule has 132 valence electrons. The first-order chi connectivity index (χ1) is 11.5. The van der Waals surface area contributed by atoms with Gasteiger partial charge in [0.2, 0.25) is 10.0 Å². The molecule has 1 amide bonds. The fourth-order valence-electron chi connectivity index (χ4n) is 2.79. The monoisotopic (exact) mass is 352 g/mol. The maximum absolute atomic E-state index is 12.4. The maximum Gasteiger partial charge on any atom is 0.251 e. The molecule has 1 aliphatic carbocycles. The summed E-state index contributed by atoms with van der Waals surface area (Å²) in [5.74, 6) is 0.510. The fraction of sp³-hybridized carbons (Fsp3) is 0.588. The van der Waals surface area contributed by atoms with E-state index in [9.17, 15) is 13.2 Å². The molecule has 1 aliphatic heterocycles. The predicted molar refractivity (Wildman–Crippen MR) is 90.2 cm³/mol. The summed E-state index contributed by atoms with van der Waals surface area (Å²) in [4.78, 5) is 12.5. The molecular weight excluding hydrogens is 328 g/mol. The molecule has 6 nitrogen and oxygen atoms in total. The summed E-state index contributed by atoms with van der Waals surface area (Å²) in [5, 5.41) is 2.94. The lowest BCUT2D eigenvalue weighted by atomic mass is 10.0. The number of hydrogen-bond acceptors (Lipinski definition) is 4. The van der Waals surface area contributed by atoms with Crippen molar-refractivity contribution in [2.45, 2.75) is 37.1 Å². The largest absolute Gasteiger partial charge is 0.381 e. The van der Waals surface area contributed by atoms with Gasteiger partial charge in [0, 0.05) is 30.7 Å². The Bertz CT molecular complexity index is 694. The van der Waals surface area contributed by atoms with Gasteiger partial charge < -0.3 is 10.1 Å². The van der Waals surface area contributed by atoms with Gasteiger partial charge in [0.25, 0.3) is 5.91 Å². The first kappa shape index (κ1) is 17.4. The molecule has 0 spiro atoms. The van der Waals surface area contributed by atoms with Crippen LogP contribution in [0.3, 0.4) is 0 Å². The molecule has 1 aromatic carbocycles. The molecule has 1 heterocycles. The van der Waals surface area contributed by atoms with Gasteiger partial charge in [-0.05, 0) is 50.3 Å². The average Bonchev–Trinajstić information content (AvgIpc) is 3.24. The van der Waals surface area contributed by atoms with Gasteiger partial charge in [-0.2, -0.15) is 0 Å². The Kier molecular flexibility index (Phi) is 5.22. The van der Waals surface area contributed by atoms with Gasteiger partial charge in [-0.1, -0.05) is 6.07 Å². The minimum absolute atomic E-state index is 0.00625. The van der Waals surface area contributed by atoms with Crippen LogP contribution in [0.25, 0.3) is 0 Å². The van der Waals surface area contributed by atoms with Crippen LogP contribution >= 0.6 is 0 Å². The van der Waals surface area contributed by atoms with Crippen molar-refractivity contribution in [1.82, 2.24) is 10.0 Å². The molecule has 0 unspecified atom stereocenters. The van der Waals surface area contributed by atoms with Crippen molar-refractivity contribution in [2.75, 3.05) is 19.8 Å². The summed E-state index contributed by atoms with van der Waals surface area (Å²) in [7, 11) is -3.57. The van der Waals surface area contributed by atoms with Gasteiger partial charge in [-0.3, -0.25) is 4.79 Å². The van der Waals surface area contributed by atoms with Crippen molar-refractivity contribution in [2.24, 2.45) is 11.8 Å². The topological polar surface area (TPSA) is 84.5 Å². The Morgan fingerprint density at radius 1 is 1.33 bits per heavy atom. The van der Waals surface area contributed by atoms with Crippen molar-refractivity contribution in [3.8, 4) is 0 Å². The predicted octanol–water partition coefficient (Wildman–Crippen LogP) is 1.53. The summed E-state index contributed by atoms with van der Waals surface area (Å²) in [6.07, 6.45) is 3.09. The van der Waals surface area contributed by atoms with Gasteiger partial charge in [0.1, 0.15) is 0 Å². The van der Waals surface area contributed by atoms with Gasteiger partial charge in [0.05, 0.1) is 11.5 Å². The van der Waals surface area contributed by atoms with Gasteiger partial charge in [-0.25, -0.2) is 13.1 Å². The third-order valence-corrected chi connectivity index (χ3v) is 6.12. The molecule has 0 aromatic heterocycles. The molecular formula is C17H24N2O4S. The molecule has 0 bridgehead atoms. The second-order valence-corrected chi connectivity index (χ2v) is 8.48. The molecule has 7 heteroatoms. The summed E-state index contributed by atoms with van der Waals surface area (Å²) < 4.78 is 32.6. The number of hydrogen-bond donors (Lipinski definition) is 2. The van der Waals surface area contributed by atoms with E-state index in [1.807, 2.05) is 6.92 Å². The standard InChI is InChI=1S/C17H24N2O4S/c1-12(15-7-8-23-11-15)19-17(20)14-3-2-4-16(9-14)24(21,22)18-10-13-5-6-13/h2-4,9,12-13,15,18H,5-8,10-11H2,1H3,(H,19,20)/t12-,15-/m0/s1. The highest BCUT2D eigenvalue weighted by Crippen LogP contribution is 2.28. The smallest absolute Gasteiger partial charge is 0.251 e. The van der Waals surface area contributed by atoms with Crippen molar-refractivity contribution >= 4 is 15.9 Å². The second-order valence-electron chi connectivity index (χ2n) is 6.71. The highest BCUT2D eigenvalue weighted by molar-refractivity contribution is 7.89. The van der Waals surface area contributed by atoms with E-state index in [0.717, 1.165) is 25.9 Å². The van der Waals surface area contributed by atoms with E-state index in [2.05, 4.69) is 10.0 Å². The van der Waals surface area contributed by atoms with Crippen LogP contribution in [0.2, 0.25) is 0 Å². The van der Waals surface area contributed by atoms with E-state index >= 15 is 0 Å². The summed E-state index contributed by atoms with van der Waals surface area (Å²) in [6, 6.07) is 6.17. The van der Waals surface area contributed by atoms with E-state index in [0.29, 0.717) is 30.6 Å². The molecule has 2 aliphatic rings. The lowest BCUT2D eigenvalue weighted by Crippen LogP contribution is -2.38. The summed E-state index contributed by atoms with van der Waals surface area (Å²) in [5.41, 5.74) is 0.357. The first-order valence-electron chi connectivity index (χ1n) is 8.44. The number of sulfonamides is 1. The van der Waals surface area contributed by atoms with Crippen LogP contribution in [-0.4, -0.2) is 40.1 Å². The van der Waals surface area contributed by atoms with Crippen molar-refractivity contribution in [3.05, 3.63) is 29.8 Å². The van der Waals surface area contributed by atoms with Crippen LogP contribution in [0.1, 0.15) is 36.5 Å². The number of carbonyl (C=O) groups is 1. The minimum atomic E-state index is -3.57. The van der Waals surface area contributed by atoms with Gasteiger partial charge >= 0.3 is 0 Å². The van der Waals surface area contributed by atoms with Crippen LogP contribution in [0.15, 0.2) is 29.2 Å². The lowest BCUT2D eigenvalue weighted by Gasteiger charge is -2.19. The second kappa shape index (κ2) is 7.21. The van der Waals surface area contributed by atoms with E-state index in [1.54, 1.807) is 12.1 Å². The Morgan fingerprint density at radius 2 is 2.12 bits per heavy atom. The third kappa shape index (κ3) is 4.34. The van der Waals surface area contributed by atoms with Gasteiger partial charge in [-0.15, -0.1) is 0 Å². The SMILES string of the molecule is C[C@H](NC(=O)c1cccc(S(=O)(=O)NCC2CC2)c1)[C@H]1CCOC1. The van der Waals surface area contributed by atoms with Crippen LogP contribution in [-0.2, 0) is 14.8 Å². The maximum atomic E-state index is 12.4. The summed E-state index contributed by atoms with van der Waals surface area (Å²) >= 11 is 0. The fourth-order valence-corrected chi connectivity index (χ4v) is 3.95. The molecule has 24 heavy (non-hydrogen) atoms. The zero-order valence-electron chi connectivity index (χ0n) is 13.8. The molecule has 2 N–H and O–H groups in total. The van der Waals surface area contributed by atoms with E-state index in [1.165, 1.54) is 12.1 Å². The zero-order chi connectivity index (χ0) is 17.2. The number of nitrogens with one attached hydrogen (secondary N) is 2. The zero-order valence-corrected chi connectivity index (χ0v) is 14.6. The molecule has 1 saturated carbocycles. The van der Waals surface area contributed by atoms with Crippen LogP contribution in [0.4, 0.5) is 0 Å². The third-order valence-electron chi connectivity index (χ3n) is 4.70. The van der Waals surface area contributed by atoms with Crippen molar-refractivity contribution < 1.29 is 17.9 Å². The molecule has 2 fully saturated rings. The average molecular weight is 352 g/mol. The van der Waals surface area contributed by atoms with Crippen LogP contribution in [0, 0.1) is 11.8 Å². The van der Waals surface area contributed by atoms with Crippen molar-refractivity contribution in [1.29, 1.82) is 0 Å². The quantitative estimate of drug-likeness (QED) is 0.779. The lowest BCUT2D eigenvalue weighted by molar-refractivity contribution is 0.0922. The normalized spacial score (nSPS) is 22.3. The number of amides is 1. The summed E-state index contributed by atoms with van der Waals surface area (Å²) in [6.45, 7) is 3.80. The molecule has 3 rings (SSSR count). The van der Waals surface area contributed by atoms with E-state index in [-0.39, 0.29) is 16.8 Å². The van der Waals surface area contributed by atoms with Crippen molar-refractivity contribution in [3.63, 3.8) is 0 Å². The van der Waals surface area contributed by atoms with E-state index < -0.39 is 10.0 Å². The van der Waals surface area contributed by atoms with Crippen LogP contribution in [0.5, 0.6) is 0 Å².